The van der Waals surface area contributed by atoms with Gasteiger partial charge >= 0.3 is 0 Å². The van der Waals surface area contributed by atoms with Crippen LogP contribution in [0.15, 0.2) is 48.5 Å². The monoisotopic (exact) mass is 411 g/mol. The number of hydrogen-bond acceptors (Lipinski definition) is 6. The maximum absolute atomic E-state index is 12.4. The molecule has 1 atom stereocenters. The molecule has 8 nitrogen and oxygen atoms in total. The molecule has 1 fully saturated rings. The Hall–Kier alpha value is -2.97. The lowest BCUT2D eigenvalue weighted by Crippen LogP contribution is -2.47. The van der Waals surface area contributed by atoms with Crippen LogP contribution in [0.1, 0.15) is 28.4 Å². The van der Waals surface area contributed by atoms with Crippen LogP contribution >= 0.6 is 0 Å². The van der Waals surface area contributed by atoms with Gasteiger partial charge in [0.2, 0.25) is 0 Å². The average Bonchev–Trinajstić information content (AvgIpc) is 2.77. The van der Waals surface area contributed by atoms with Crippen molar-refractivity contribution in [3.8, 4) is 0 Å². The molecule has 0 saturated carbocycles. The summed E-state index contributed by atoms with van der Waals surface area (Å²) in [5.74, 6) is -0.293. The molecule has 0 aromatic heterocycles. The zero-order chi connectivity index (χ0) is 21.5. The fourth-order valence-electron chi connectivity index (χ4n) is 3.84. The number of nitrogens with one attached hydrogen (secondary N) is 2. The van der Waals surface area contributed by atoms with Crippen LogP contribution in [-0.2, 0) is 0 Å². The van der Waals surface area contributed by atoms with E-state index in [-0.39, 0.29) is 11.6 Å². The Balaban J connectivity index is 1.54. The number of carbonyl (C=O) groups is 1. The van der Waals surface area contributed by atoms with E-state index in [1.165, 1.54) is 11.6 Å². The van der Waals surface area contributed by atoms with Crippen LogP contribution in [0.25, 0.3) is 0 Å². The Morgan fingerprint density at radius 2 is 1.97 bits per heavy atom. The summed E-state index contributed by atoms with van der Waals surface area (Å²) in [6, 6.07) is 15.3. The molecule has 1 heterocycles. The van der Waals surface area contributed by atoms with Crippen molar-refractivity contribution in [3.63, 3.8) is 0 Å². The van der Waals surface area contributed by atoms with E-state index in [0.717, 1.165) is 32.6 Å². The highest BCUT2D eigenvalue weighted by atomic mass is 16.6. The first-order valence-corrected chi connectivity index (χ1v) is 10.2. The third-order valence-electron chi connectivity index (χ3n) is 5.51. The number of piperazine rings is 1. The van der Waals surface area contributed by atoms with Gasteiger partial charge in [-0.2, -0.15) is 0 Å². The van der Waals surface area contributed by atoms with E-state index in [0.29, 0.717) is 23.8 Å². The van der Waals surface area contributed by atoms with E-state index in [4.69, 9.17) is 0 Å². The zero-order valence-corrected chi connectivity index (χ0v) is 17.5. The Labute approximate surface area is 177 Å². The molecule has 0 aliphatic carbocycles. The molecule has 160 valence electrons. The molecule has 1 saturated heterocycles. The minimum absolute atomic E-state index is 0.103. The number of likely N-dealkylation sites (N-methyl/N-ethyl adjacent to an activating group) is 1. The van der Waals surface area contributed by atoms with Crippen LogP contribution < -0.4 is 10.6 Å². The normalized spacial score (nSPS) is 17.5. The average molecular weight is 412 g/mol. The van der Waals surface area contributed by atoms with Gasteiger partial charge in [0.15, 0.2) is 0 Å². The highest BCUT2D eigenvalue weighted by Gasteiger charge is 2.26. The maximum atomic E-state index is 12.4. The quantitative estimate of drug-likeness (QED) is 0.394. The first-order chi connectivity index (χ1) is 14.5. The maximum Gasteiger partial charge on any atom is 0.293 e. The number of nitro benzene ring substituents is 1. The number of rotatable bonds is 8. The summed E-state index contributed by atoms with van der Waals surface area (Å²) in [6.07, 6.45) is 0.815. The number of carbonyl (C=O) groups excluding carboxylic acids is 1. The summed E-state index contributed by atoms with van der Waals surface area (Å²) in [4.78, 5) is 27.9. The highest BCUT2D eigenvalue weighted by molar-refractivity contribution is 5.95. The third-order valence-corrected chi connectivity index (χ3v) is 5.51. The second-order valence-electron chi connectivity index (χ2n) is 7.57. The topological polar surface area (TPSA) is 90.8 Å². The molecule has 1 unspecified atom stereocenters. The number of hydrogen-bond donors (Lipinski definition) is 2. The minimum atomic E-state index is -0.486. The summed E-state index contributed by atoms with van der Waals surface area (Å²) in [5, 5.41) is 16.8. The second-order valence-corrected chi connectivity index (χ2v) is 7.57. The first-order valence-electron chi connectivity index (χ1n) is 10.2. The summed E-state index contributed by atoms with van der Waals surface area (Å²) in [7, 11) is 3.76. The molecule has 2 aromatic rings. The first kappa shape index (κ1) is 21.7. The molecule has 1 aliphatic rings. The lowest BCUT2D eigenvalue weighted by molar-refractivity contribution is -0.384. The van der Waals surface area contributed by atoms with Crippen molar-refractivity contribution in [3.05, 3.63) is 69.8 Å². The van der Waals surface area contributed by atoms with Gasteiger partial charge in [-0.3, -0.25) is 19.8 Å². The standard InChI is InChI=1S/C22H29N5O3/c1-23-19-10-9-18(15-20(19)27(29)30)22(28)24-11-6-12-26-14-13-25(2)16-21(26)17-7-4-3-5-8-17/h3-5,7-10,15,21,23H,6,11-14,16H2,1-2H3,(H,24,28). The fraction of sp³-hybridized carbons (Fsp3) is 0.409. The summed E-state index contributed by atoms with van der Waals surface area (Å²) < 4.78 is 0. The number of benzene rings is 2. The van der Waals surface area contributed by atoms with Gasteiger partial charge in [-0.05, 0) is 31.2 Å². The van der Waals surface area contributed by atoms with Crippen molar-refractivity contribution in [2.75, 3.05) is 52.1 Å². The Kier molecular flexibility index (Phi) is 7.37. The van der Waals surface area contributed by atoms with Crippen LogP contribution in [-0.4, -0.2) is 67.4 Å². The highest BCUT2D eigenvalue weighted by Crippen LogP contribution is 2.26. The predicted molar refractivity (Wildman–Crippen MR) is 118 cm³/mol. The molecule has 0 bridgehead atoms. The lowest BCUT2D eigenvalue weighted by Gasteiger charge is -2.40. The molecule has 8 heteroatoms. The Morgan fingerprint density at radius 3 is 2.67 bits per heavy atom. The van der Waals surface area contributed by atoms with E-state index < -0.39 is 4.92 Å². The SMILES string of the molecule is CNc1ccc(C(=O)NCCCN2CCN(C)CC2c2ccccc2)cc1[N+](=O)[O-]. The van der Waals surface area contributed by atoms with Gasteiger partial charge < -0.3 is 15.5 Å². The molecule has 0 spiro atoms. The lowest BCUT2D eigenvalue weighted by atomic mass is 10.0. The van der Waals surface area contributed by atoms with Gasteiger partial charge in [0.1, 0.15) is 5.69 Å². The fourth-order valence-corrected chi connectivity index (χ4v) is 3.84. The van der Waals surface area contributed by atoms with Gasteiger partial charge in [0, 0.05) is 57.4 Å². The number of nitrogens with zero attached hydrogens (tertiary/aromatic N) is 3. The van der Waals surface area contributed by atoms with Crippen molar-refractivity contribution in [2.45, 2.75) is 12.5 Å². The van der Waals surface area contributed by atoms with Crippen LogP contribution in [0.5, 0.6) is 0 Å². The summed E-state index contributed by atoms with van der Waals surface area (Å²) in [5.41, 5.74) is 1.89. The smallest absolute Gasteiger partial charge is 0.293 e. The summed E-state index contributed by atoms with van der Waals surface area (Å²) in [6.45, 7) is 4.40. The molecule has 3 rings (SSSR count). The van der Waals surface area contributed by atoms with Crippen molar-refractivity contribution in [2.24, 2.45) is 0 Å². The number of anilines is 1. The van der Waals surface area contributed by atoms with E-state index >= 15 is 0 Å². The summed E-state index contributed by atoms with van der Waals surface area (Å²) >= 11 is 0. The second kappa shape index (κ2) is 10.2. The van der Waals surface area contributed by atoms with Gasteiger partial charge in [0.25, 0.3) is 11.6 Å². The number of amides is 1. The van der Waals surface area contributed by atoms with Crippen molar-refractivity contribution in [1.29, 1.82) is 0 Å². The Bertz CT molecular complexity index is 874. The largest absolute Gasteiger partial charge is 0.383 e. The molecule has 2 N–H and O–H groups in total. The van der Waals surface area contributed by atoms with Gasteiger partial charge in [-0.25, -0.2) is 0 Å². The molecule has 0 radical (unpaired) electrons. The Morgan fingerprint density at radius 1 is 1.20 bits per heavy atom. The molecular weight excluding hydrogens is 382 g/mol. The van der Waals surface area contributed by atoms with E-state index in [1.807, 2.05) is 6.07 Å². The van der Waals surface area contributed by atoms with Gasteiger partial charge in [-0.1, -0.05) is 30.3 Å². The van der Waals surface area contributed by atoms with Crippen LogP contribution in [0.4, 0.5) is 11.4 Å². The molecule has 1 amide bonds. The van der Waals surface area contributed by atoms with Gasteiger partial charge in [-0.15, -0.1) is 0 Å². The molecule has 30 heavy (non-hydrogen) atoms. The minimum Gasteiger partial charge on any atom is -0.383 e. The third kappa shape index (κ3) is 5.34. The molecule has 1 aliphatic heterocycles. The van der Waals surface area contributed by atoms with Crippen molar-refractivity contribution < 1.29 is 9.72 Å². The van der Waals surface area contributed by atoms with E-state index in [9.17, 15) is 14.9 Å². The number of nitro groups is 1. The van der Waals surface area contributed by atoms with Crippen LogP contribution in [0.2, 0.25) is 0 Å². The van der Waals surface area contributed by atoms with Crippen LogP contribution in [0.3, 0.4) is 0 Å². The zero-order valence-electron chi connectivity index (χ0n) is 17.5. The van der Waals surface area contributed by atoms with Crippen molar-refractivity contribution in [1.82, 2.24) is 15.1 Å². The molecule has 2 aromatic carbocycles. The van der Waals surface area contributed by atoms with Crippen LogP contribution in [0, 0.1) is 10.1 Å². The van der Waals surface area contributed by atoms with Gasteiger partial charge in [0.05, 0.1) is 4.92 Å². The molecular formula is C22H29N5O3. The van der Waals surface area contributed by atoms with E-state index in [1.54, 1.807) is 19.2 Å². The van der Waals surface area contributed by atoms with E-state index in [2.05, 4.69) is 51.7 Å². The van der Waals surface area contributed by atoms with Crippen molar-refractivity contribution >= 4 is 17.3 Å². The predicted octanol–water partition coefficient (Wildman–Crippen LogP) is 2.75.